The predicted molar refractivity (Wildman–Crippen MR) is 202 cm³/mol. The molecular weight excluding hydrogens is 677 g/mol. The molecule has 0 saturated heterocycles. The van der Waals surface area contributed by atoms with E-state index < -0.39 is 22.4 Å². The fourth-order valence-corrected chi connectivity index (χ4v) is 9.27. The minimum atomic E-state index is -1.87. The molecule has 1 aromatic carbocycles. The van der Waals surface area contributed by atoms with Gasteiger partial charge in [-0.05, 0) is 68.9 Å². The minimum absolute atomic E-state index is 0.118. The van der Waals surface area contributed by atoms with Crippen LogP contribution in [0.1, 0.15) is 60.1 Å². The summed E-state index contributed by atoms with van der Waals surface area (Å²) in [5.41, 5.74) is 3.26. The number of ether oxygens (including phenoxy) is 1. The number of thiazole rings is 2. The van der Waals surface area contributed by atoms with Gasteiger partial charge in [-0.25, -0.2) is 9.78 Å². The summed E-state index contributed by atoms with van der Waals surface area (Å²) in [6.45, 7) is 22.7. The highest BCUT2D eigenvalue weighted by molar-refractivity contribution is 7.16. The number of rotatable bonds is 13. The number of carboxylic acid groups (broad SMARTS) is 1. The topological polar surface area (TPSA) is 115 Å². The number of carboxylic acids is 1. The van der Waals surface area contributed by atoms with E-state index in [1.807, 2.05) is 17.0 Å². The van der Waals surface area contributed by atoms with Crippen LogP contribution in [0.4, 0.5) is 16.8 Å². The summed E-state index contributed by atoms with van der Waals surface area (Å²) in [6, 6.07) is 9.40. The number of aromatic nitrogens is 4. The van der Waals surface area contributed by atoms with Crippen LogP contribution < -0.4 is 9.70 Å². The summed E-state index contributed by atoms with van der Waals surface area (Å²) < 4.78 is 15.8. The van der Waals surface area contributed by atoms with Crippen LogP contribution >= 0.6 is 22.7 Å². The van der Waals surface area contributed by atoms with Gasteiger partial charge < -0.3 is 19.2 Å². The number of nitrogens with zero attached hydrogens (tertiary/aromatic N) is 6. The van der Waals surface area contributed by atoms with Gasteiger partial charge in [-0.3, -0.25) is 4.57 Å². The van der Waals surface area contributed by atoms with E-state index in [9.17, 15) is 9.90 Å². The van der Waals surface area contributed by atoms with E-state index in [0.717, 1.165) is 68.8 Å². The van der Waals surface area contributed by atoms with Crippen LogP contribution in [0.15, 0.2) is 29.3 Å². The zero-order valence-corrected chi connectivity index (χ0v) is 33.5. The molecule has 14 heteroatoms. The SMILES string of the molecule is Cc1c(/N=c2\sc3ccccc3n2COCC[Si](C)(C)C)nnc2c1CCCN2c1nc(C(=O)O)c(CCCO[Si](C)(C)C(C)(C)C)s1. The molecule has 5 rings (SSSR count). The highest BCUT2D eigenvalue weighted by Gasteiger charge is 2.37. The van der Waals surface area contributed by atoms with Crippen molar-refractivity contribution < 1.29 is 19.1 Å². The molecule has 0 radical (unpaired) electrons. The molecule has 4 heterocycles. The van der Waals surface area contributed by atoms with Gasteiger partial charge in [-0.2, -0.15) is 4.99 Å². The first kappa shape index (κ1) is 36.5. The molecule has 10 nitrogen and oxygen atoms in total. The quantitative estimate of drug-likeness (QED) is 0.108. The molecule has 0 unspecified atom stereocenters. The molecular formula is C34H50N6O4S2Si2. The van der Waals surface area contributed by atoms with Gasteiger partial charge in [0, 0.05) is 43.8 Å². The number of anilines is 2. The molecule has 0 atom stereocenters. The number of hydrogen-bond acceptors (Lipinski definition) is 10. The number of para-hydroxylation sites is 1. The molecule has 4 aromatic rings. The number of benzene rings is 1. The zero-order chi connectivity index (χ0) is 34.9. The maximum absolute atomic E-state index is 12.2. The van der Waals surface area contributed by atoms with Gasteiger partial charge >= 0.3 is 5.97 Å². The Bertz CT molecular complexity index is 1840. The molecule has 3 aromatic heterocycles. The molecule has 1 N–H and O–H groups in total. The molecule has 1 aliphatic rings. The Morgan fingerprint density at radius 1 is 1.08 bits per heavy atom. The van der Waals surface area contributed by atoms with Gasteiger partial charge in [0.05, 0.1) is 10.2 Å². The lowest BCUT2D eigenvalue weighted by atomic mass is 10.0. The molecule has 260 valence electrons. The van der Waals surface area contributed by atoms with Gasteiger partial charge in [0.1, 0.15) is 6.73 Å². The third kappa shape index (κ3) is 8.33. The molecule has 0 aliphatic carbocycles. The number of aromatic carboxylic acids is 1. The highest BCUT2D eigenvalue weighted by Crippen LogP contribution is 2.39. The first-order valence-corrected chi connectivity index (χ1v) is 25.0. The third-order valence-corrected chi connectivity index (χ3v) is 17.7. The number of carbonyl (C=O) groups is 1. The van der Waals surface area contributed by atoms with E-state index in [1.54, 1.807) is 11.3 Å². The summed E-state index contributed by atoms with van der Waals surface area (Å²) in [5, 5.41) is 20.1. The van der Waals surface area contributed by atoms with Crippen molar-refractivity contribution in [3.63, 3.8) is 0 Å². The number of fused-ring (bicyclic) bond motifs is 2. The van der Waals surface area contributed by atoms with E-state index in [1.165, 1.54) is 11.3 Å². The monoisotopic (exact) mass is 726 g/mol. The van der Waals surface area contributed by atoms with Gasteiger partial charge in [0.15, 0.2) is 35.6 Å². The van der Waals surface area contributed by atoms with E-state index in [0.29, 0.717) is 37.3 Å². The highest BCUT2D eigenvalue weighted by atomic mass is 32.1. The summed E-state index contributed by atoms with van der Waals surface area (Å²) in [4.78, 5) is 25.5. The second kappa shape index (κ2) is 14.6. The number of hydrogen-bond donors (Lipinski definition) is 1. The Morgan fingerprint density at radius 3 is 2.54 bits per heavy atom. The Kier molecular flexibility index (Phi) is 11.1. The van der Waals surface area contributed by atoms with E-state index >= 15 is 0 Å². The molecule has 48 heavy (non-hydrogen) atoms. The second-order valence-corrected chi connectivity index (χ2v) is 27.7. The van der Waals surface area contributed by atoms with Crippen LogP contribution in [0.2, 0.25) is 43.8 Å². The lowest BCUT2D eigenvalue weighted by Gasteiger charge is -2.36. The molecule has 1 aliphatic heterocycles. The number of aryl methyl sites for hydroxylation is 1. The standard InChI is InChI=1S/C34H50N6O4S2Si2/c1-23-24-14-12-18-39(32-35-28(31(41)42)27(46-32)17-13-19-44-48(8,9)34(2,3)4)30(24)38-37-29(23)36-33-40(22-43-20-21-47(5,6)7)25-15-10-11-16-26(25)45-33/h10-11,15-16H,12-14,17-22H2,1-9H3,(H,41,42)/b36-33-. The van der Waals surface area contributed by atoms with Crippen molar-refractivity contribution in [3.05, 3.63) is 50.8 Å². The van der Waals surface area contributed by atoms with Crippen LogP contribution in [-0.2, 0) is 28.7 Å². The van der Waals surface area contributed by atoms with Crippen molar-refractivity contribution in [1.29, 1.82) is 0 Å². The van der Waals surface area contributed by atoms with Crippen molar-refractivity contribution in [2.45, 2.75) is 104 Å². The van der Waals surface area contributed by atoms with Crippen molar-refractivity contribution in [2.24, 2.45) is 4.99 Å². The average Bonchev–Trinajstić information content (AvgIpc) is 3.59. The Labute approximate surface area is 294 Å². The van der Waals surface area contributed by atoms with Gasteiger partial charge in [-0.15, -0.1) is 21.5 Å². The molecule has 0 bridgehead atoms. The van der Waals surface area contributed by atoms with Gasteiger partial charge in [-0.1, -0.05) is 63.9 Å². The van der Waals surface area contributed by atoms with Crippen LogP contribution in [-0.4, -0.2) is 67.0 Å². The normalized spacial score (nSPS) is 14.6. The lowest BCUT2D eigenvalue weighted by Crippen LogP contribution is -2.41. The summed E-state index contributed by atoms with van der Waals surface area (Å²) in [6.07, 6.45) is 3.09. The smallest absolute Gasteiger partial charge is 0.355 e. The van der Waals surface area contributed by atoms with Gasteiger partial charge in [0.2, 0.25) is 0 Å². The average molecular weight is 727 g/mol. The van der Waals surface area contributed by atoms with Crippen LogP contribution in [0.5, 0.6) is 0 Å². The van der Waals surface area contributed by atoms with Crippen LogP contribution in [0, 0.1) is 6.92 Å². The molecule has 0 amide bonds. The Hall–Kier alpha value is -2.76. The fourth-order valence-electron chi connectivity index (χ4n) is 5.28. The summed E-state index contributed by atoms with van der Waals surface area (Å²) >= 11 is 3.05. The summed E-state index contributed by atoms with van der Waals surface area (Å²) in [7, 11) is -3.07. The zero-order valence-electron chi connectivity index (χ0n) is 29.8. The van der Waals surface area contributed by atoms with Crippen molar-refractivity contribution in [2.75, 3.05) is 24.7 Å². The van der Waals surface area contributed by atoms with E-state index in [4.69, 9.17) is 14.2 Å². The fraction of sp³-hybridized carbons (Fsp3) is 0.559. The predicted octanol–water partition coefficient (Wildman–Crippen LogP) is 8.54. The summed E-state index contributed by atoms with van der Waals surface area (Å²) in [5.74, 6) is 0.313. The molecule has 0 fully saturated rings. The first-order valence-electron chi connectivity index (χ1n) is 16.8. The first-order chi connectivity index (χ1) is 22.6. The van der Waals surface area contributed by atoms with E-state index in [2.05, 4.69) is 92.3 Å². The van der Waals surface area contributed by atoms with Crippen LogP contribution in [0.3, 0.4) is 0 Å². The minimum Gasteiger partial charge on any atom is -0.476 e. The van der Waals surface area contributed by atoms with E-state index in [-0.39, 0.29) is 10.7 Å². The van der Waals surface area contributed by atoms with Gasteiger partial charge in [0.25, 0.3) is 0 Å². The maximum atomic E-state index is 12.2. The largest absolute Gasteiger partial charge is 0.476 e. The molecule has 0 saturated carbocycles. The lowest BCUT2D eigenvalue weighted by molar-refractivity contribution is 0.0690. The molecule has 0 spiro atoms. The maximum Gasteiger partial charge on any atom is 0.355 e. The van der Waals surface area contributed by atoms with Crippen molar-refractivity contribution in [1.82, 2.24) is 19.7 Å². The van der Waals surface area contributed by atoms with Crippen molar-refractivity contribution >= 4 is 72.0 Å². The third-order valence-electron chi connectivity index (χ3n) is 9.30. The van der Waals surface area contributed by atoms with Crippen LogP contribution in [0.25, 0.3) is 10.2 Å². The Balaban J connectivity index is 1.40. The van der Waals surface area contributed by atoms with Crippen molar-refractivity contribution in [3.8, 4) is 0 Å². The Morgan fingerprint density at radius 2 is 1.83 bits per heavy atom. The second-order valence-electron chi connectivity index (χ2n) is 15.2.